The first-order valence-electron chi connectivity index (χ1n) is 8.11. The molecule has 0 saturated carbocycles. The van der Waals surface area contributed by atoms with Crippen molar-refractivity contribution in [2.24, 2.45) is 11.3 Å². The molecule has 0 aromatic rings. The van der Waals surface area contributed by atoms with Gasteiger partial charge in [-0.2, -0.15) is 0 Å². The van der Waals surface area contributed by atoms with E-state index in [9.17, 15) is 4.79 Å². The molecule has 0 spiro atoms. The Morgan fingerprint density at radius 2 is 2.05 bits per heavy atom. The first kappa shape index (κ1) is 15.8. The van der Waals surface area contributed by atoms with Gasteiger partial charge in [0.1, 0.15) is 0 Å². The largest absolute Gasteiger partial charge is 0.343 e. The Morgan fingerprint density at radius 3 is 2.55 bits per heavy atom. The lowest BCUT2D eigenvalue weighted by atomic mass is 9.87. The fourth-order valence-corrected chi connectivity index (χ4v) is 3.42. The number of rotatable bonds is 4. The molecule has 2 aliphatic rings. The van der Waals surface area contributed by atoms with Crippen LogP contribution in [0.25, 0.3) is 0 Å². The van der Waals surface area contributed by atoms with Gasteiger partial charge < -0.3 is 15.1 Å². The van der Waals surface area contributed by atoms with E-state index < -0.39 is 0 Å². The Balaban J connectivity index is 1.79. The summed E-state index contributed by atoms with van der Waals surface area (Å²) in [6.07, 6.45) is 3.33. The highest BCUT2D eigenvalue weighted by Gasteiger charge is 2.33. The number of hydrogen-bond donors (Lipinski definition) is 1. The maximum absolute atomic E-state index is 12.4. The van der Waals surface area contributed by atoms with E-state index in [0.29, 0.717) is 17.4 Å². The molecule has 0 bridgehead atoms. The second-order valence-corrected chi connectivity index (χ2v) is 7.33. The van der Waals surface area contributed by atoms with E-state index in [0.717, 1.165) is 39.0 Å². The number of nitrogens with zero attached hydrogens (tertiary/aromatic N) is 2. The topological polar surface area (TPSA) is 35.6 Å². The molecule has 2 rings (SSSR count). The summed E-state index contributed by atoms with van der Waals surface area (Å²) >= 11 is 0. The Bertz CT molecular complexity index is 329. The first-order valence-corrected chi connectivity index (χ1v) is 8.11. The lowest BCUT2D eigenvalue weighted by molar-refractivity contribution is -0.137. The van der Waals surface area contributed by atoms with Gasteiger partial charge >= 0.3 is 0 Å². The second-order valence-electron chi connectivity index (χ2n) is 7.33. The van der Waals surface area contributed by atoms with Crippen LogP contribution >= 0.6 is 0 Å². The summed E-state index contributed by atoms with van der Waals surface area (Å²) in [6.45, 7) is 12.2. The van der Waals surface area contributed by atoms with Gasteiger partial charge in [0.05, 0.1) is 0 Å². The minimum atomic E-state index is 0.244. The number of piperidine rings is 1. The molecular weight excluding hydrogens is 250 g/mol. The van der Waals surface area contributed by atoms with Gasteiger partial charge in [-0.3, -0.25) is 4.79 Å². The minimum Gasteiger partial charge on any atom is -0.343 e. The molecule has 2 fully saturated rings. The van der Waals surface area contributed by atoms with Crippen LogP contribution in [0.5, 0.6) is 0 Å². The lowest BCUT2D eigenvalue weighted by Gasteiger charge is -2.38. The third kappa shape index (κ3) is 3.73. The molecule has 2 heterocycles. The Kier molecular flexibility index (Phi) is 5.08. The van der Waals surface area contributed by atoms with Crippen molar-refractivity contribution >= 4 is 5.91 Å². The SMILES string of the molecule is CC(C)N(C)C(=O)C1CCN(CC2(C)CCNC2)CC1. The molecule has 4 heteroatoms. The van der Waals surface area contributed by atoms with Crippen molar-refractivity contribution in [2.75, 3.05) is 39.8 Å². The van der Waals surface area contributed by atoms with Crippen molar-refractivity contribution in [3.63, 3.8) is 0 Å². The third-order valence-electron chi connectivity index (χ3n) is 5.12. The highest BCUT2D eigenvalue weighted by Crippen LogP contribution is 2.28. The molecule has 1 atom stereocenters. The Labute approximate surface area is 123 Å². The summed E-state index contributed by atoms with van der Waals surface area (Å²) < 4.78 is 0. The summed E-state index contributed by atoms with van der Waals surface area (Å²) in [7, 11) is 1.94. The first-order chi connectivity index (χ1) is 9.41. The van der Waals surface area contributed by atoms with Gasteiger partial charge in [0.15, 0.2) is 0 Å². The van der Waals surface area contributed by atoms with Crippen molar-refractivity contribution in [3.8, 4) is 0 Å². The number of amides is 1. The fourth-order valence-electron chi connectivity index (χ4n) is 3.42. The molecule has 4 nitrogen and oxygen atoms in total. The van der Waals surface area contributed by atoms with Gasteiger partial charge in [0.25, 0.3) is 0 Å². The Hall–Kier alpha value is -0.610. The van der Waals surface area contributed by atoms with Gasteiger partial charge in [-0.1, -0.05) is 6.92 Å². The predicted molar refractivity (Wildman–Crippen MR) is 82.7 cm³/mol. The maximum atomic E-state index is 12.4. The standard InChI is InChI=1S/C16H31N3O/c1-13(2)18(4)15(20)14-5-9-19(10-6-14)12-16(3)7-8-17-11-16/h13-14,17H,5-12H2,1-4H3. The minimum absolute atomic E-state index is 0.244. The van der Waals surface area contributed by atoms with Crippen LogP contribution < -0.4 is 5.32 Å². The van der Waals surface area contributed by atoms with Crippen LogP contribution in [0.3, 0.4) is 0 Å². The summed E-state index contributed by atoms with van der Waals surface area (Å²) in [4.78, 5) is 16.8. The van der Waals surface area contributed by atoms with E-state index in [4.69, 9.17) is 0 Å². The summed E-state index contributed by atoms with van der Waals surface area (Å²) in [5, 5.41) is 3.47. The number of likely N-dealkylation sites (tertiary alicyclic amines) is 1. The predicted octanol–water partition coefficient (Wildman–Crippen LogP) is 1.56. The van der Waals surface area contributed by atoms with Crippen molar-refractivity contribution < 1.29 is 4.79 Å². The van der Waals surface area contributed by atoms with E-state index in [-0.39, 0.29) is 5.92 Å². The van der Waals surface area contributed by atoms with Crippen molar-refractivity contribution in [2.45, 2.75) is 46.1 Å². The average molecular weight is 281 g/mol. The second kappa shape index (κ2) is 6.44. The molecule has 20 heavy (non-hydrogen) atoms. The highest BCUT2D eigenvalue weighted by atomic mass is 16.2. The van der Waals surface area contributed by atoms with Crippen LogP contribution in [0.2, 0.25) is 0 Å². The molecule has 1 unspecified atom stereocenters. The van der Waals surface area contributed by atoms with Crippen LogP contribution in [0.15, 0.2) is 0 Å². The summed E-state index contributed by atoms with van der Waals surface area (Å²) in [5.41, 5.74) is 0.436. The van der Waals surface area contributed by atoms with Gasteiger partial charge in [0.2, 0.25) is 5.91 Å². The molecule has 1 amide bonds. The van der Waals surface area contributed by atoms with E-state index in [1.54, 1.807) is 0 Å². The zero-order valence-corrected chi connectivity index (χ0v) is 13.6. The molecule has 2 aliphatic heterocycles. The van der Waals surface area contributed by atoms with E-state index in [2.05, 4.69) is 31.0 Å². The summed E-state index contributed by atoms with van der Waals surface area (Å²) in [6, 6.07) is 0.309. The zero-order valence-electron chi connectivity index (χ0n) is 13.6. The lowest BCUT2D eigenvalue weighted by Crippen LogP contribution is -2.46. The van der Waals surface area contributed by atoms with Crippen LogP contribution in [-0.4, -0.2) is 61.5 Å². The molecule has 116 valence electrons. The smallest absolute Gasteiger partial charge is 0.225 e. The van der Waals surface area contributed by atoms with Crippen molar-refractivity contribution in [3.05, 3.63) is 0 Å². The third-order valence-corrected chi connectivity index (χ3v) is 5.12. The quantitative estimate of drug-likeness (QED) is 0.849. The molecule has 0 radical (unpaired) electrons. The van der Waals surface area contributed by atoms with Crippen LogP contribution in [0, 0.1) is 11.3 Å². The van der Waals surface area contributed by atoms with Crippen LogP contribution in [0.1, 0.15) is 40.0 Å². The van der Waals surface area contributed by atoms with E-state index in [1.165, 1.54) is 13.0 Å². The van der Waals surface area contributed by atoms with E-state index >= 15 is 0 Å². The van der Waals surface area contributed by atoms with Crippen LogP contribution in [0.4, 0.5) is 0 Å². The molecule has 0 aliphatic carbocycles. The molecule has 0 aromatic carbocycles. The summed E-state index contributed by atoms with van der Waals surface area (Å²) in [5.74, 6) is 0.585. The molecular formula is C16H31N3O. The number of carbonyl (C=O) groups is 1. The Morgan fingerprint density at radius 1 is 1.40 bits per heavy atom. The van der Waals surface area contributed by atoms with E-state index in [1.807, 2.05) is 11.9 Å². The van der Waals surface area contributed by atoms with Crippen molar-refractivity contribution in [1.82, 2.24) is 15.1 Å². The molecule has 1 N–H and O–H groups in total. The highest BCUT2D eigenvalue weighted by molar-refractivity contribution is 5.78. The zero-order chi connectivity index (χ0) is 14.8. The molecule has 0 aromatic heterocycles. The average Bonchev–Trinajstić information content (AvgIpc) is 2.84. The van der Waals surface area contributed by atoms with Gasteiger partial charge in [-0.15, -0.1) is 0 Å². The number of nitrogens with one attached hydrogen (secondary N) is 1. The normalized spacial score (nSPS) is 29.1. The fraction of sp³-hybridized carbons (Fsp3) is 0.938. The van der Waals surface area contributed by atoms with Crippen LogP contribution in [-0.2, 0) is 4.79 Å². The molecule has 2 saturated heterocycles. The van der Waals surface area contributed by atoms with Gasteiger partial charge in [-0.25, -0.2) is 0 Å². The number of hydrogen-bond acceptors (Lipinski definition) is 3. The van der Waals surface area contributed by atoms with Crippen molar-refractivity contribution in [1.29, 1.82) is 0 Å². The maximum Gasteiger partial charge on any atom is 0.225 e. The number of carbonyl (C=O) groups excluding carboxylic acids is 1. The van der Waals surface area contributed by atoms with Gasteiger partial charge in [0, 0.05) is 32.1 Å². The monoisotopic (exact) mass is 281 g/mol. The van der Waals surface area contributed by atoms with Gasteiger partial charge in [-0.05, 0) is 58.2 Å².